The number of hydrogen-bond acceptors (Lipinski definition) is 1. The zero-order valence-corrected chi connectivity index (χ0v) is 6.06. The molecule has 0 aromatic rings. The second-order valence-electron chi connectivity index (χ2n) is 2.10. The van der Waals surface area contributed by atoms with Gasteiger partial charge in [0, 0.05) is 10.6 Å². The molecule has 10 heavy (non-hydrogen) atoms. The molecule has 0 bridgehead atoms. The van der Waals surface area contributed by atoms with E-state index in [4.69, 9.17) is 16.7 Å². The lowest BCUT2D eigenvalue weighted by atomic mass is 10.8. The predicted octanol–water partition coefficient (Wildman–Crippen LogP) is 1.91. The van der Waals surface area contributed by atoms with Crippen molar-refractivity contribution >= 4 is 17.6 Å². The van der Waals surface area contributed by atoms with Gasteiger partial charge in [0.2, 0.25) is 0 Å². The summed E-state index contributed by atoms with van der Waals surface area (Å²) < 4.78 is 0. The Balaban J connectivity index is 2.78. The van der Waals surface area contributed by atoms with Gasteiger partial charge in [0.15, 0.2) is 0 Å². The van der Waals surface area contributed by atoms with Crippen LogP contribution < -0.4 is 0 Å². The third kappa shape index (κ3) is 1.61. The van der Waals surface area contributed by atoms with E-state index in [1.54, 1.807) is 0 Å². The molecule has 3 heteroatoms. The Kier molecular flexibility index (Phi) is 2.12. The maximum Gasteiger partial charge on any atom is 0.331 e. The molecule has 0 fully saturated rings. The summed E-state index contributed by atoms with van der Waals surface area (Å²) in [5, 5.41) is 9.03. The maximum atomic E-state index is 10.3. The summed E-state index contributed by atoms with van der Waals surface area (Å²) in [4.78, 5) is 10.3. The Morgan fingerprint density at radius 3 is 2.80 bits per heavy atom. The first kappa shape index (κ1) is 7.35. The summed E-state index contributed by atoms with van der Waals surface area (Å²) in [6.45, 7) is 0. The van der Waals surface area contributed by atoms with E-state index in [1.165, 1.54) is 6.08 Å². The largest absolute Gasteiger partial charge is 0.478 e. The fourth-order valence-corrected chi connectivity index (χ4v) is 1.07. The Bertz CT molecular complexity index is 216. The van der Waals surface area contributed by atoms with Gasteiger partial charge in [-0.3, -0.25) is 0 Å². The third-order valence-corrected chi connectivity index (χ3v) is 1.60. The molecule has 0 unspecified atom stereocenters. The van der Waals surface area contributed by atoms with Crippen molar-refractivity contribution in [3.05, 3.63) is 22.8 Å². The van der Waals surface area contributed by atoms with Crippen molar-refractivity contribution in [3.8, 4) is 0 Å². The first-order valence-electron chi connectivity index (χ1n) is 2.99. The van der Waals surface area contributed by atoms with Crippen LogP contribution in [0, 0.1) is 0 Å². The molecule has 0 saturated heterocycles. The highest BCUT2D eigenvalue weighted by Gasteiger charge is 2.09. The minimum atomic E-state index is -0.869. The second-order valence-corrected chi connectivity index (χ2v) is 2.54. The van der Waals surface area contributed by atoms with E-state index in [2.05, 4.69) is 0 Å². The molecule has 0 aliphatic heterocycles. The lowest BCUT2D eigenvalue weighted by Gasteiger charge is -2.04. The highest BCUT2D eigenvalue weighted by Crippen LogP contribution is 2.19. The fraction of sp³-hybridized carbons (Fsp3) is 0.286. The number of hydrogen-bond donors (Lipinski definition) is 1. The van der Waals surface area contributed by atoms with Crippen LogP contribution in [0.1, 0.15) is 12.8 Å². The molecule has 1 aliphatic carbocycles. The molecule has 54 valence electrons. The smallest absolute Gasteiger partial charge is 0.331 e. The second kappa shape index (κ2) is 2.88. The minimum Gasteiger partial charge on any atom is -0.478 e. The molecule has 1 N–H and O–H groups in total. The number of halogens is 1. The molecule has 0 radical (unpaired) electrons. The van der Waals surface area contributed by atoms with Crippen molar-refractivity contribution in [3.63, 3.8) is 0 Å². The number of carboxylic acid groups (broad SMARTS) is 1. The Hall–Kier alpha value is -0.760. The predicted molar refractivity (Wildman–Crippen MR) is 38.9 cm³/mol. The van der Waals surface area contributed by atoms with Crippen LogP contribution in [-0.4, -0.2) is 11.1 Å². The van der Waals surface area contributed by atoms with E-state index in [0.29, 0.717) is 17.0 Å². The van der Waals surface area contributed by atoms with Crippen LogP contribution >= 0.6 is 11.6 Å². The monoisotopic (exact) mass is 164 g/mol. The number of allylic oxidation sites excluding steroid dienone is 3. The molecule has 2 nitrogen and oxygen atoms in total. The third-order valence-electron chi connectivity index (χ3n) is 1.34. The highest BCUT2D eigenvalue weighted by molar-refractivity contribution is 6.31. The molecule has 0 aromatic carbocycles. The molecule has 0 saturated carbocycles. The number of carbonyl (C=O) groups is 1. The number of rotatable bonds is 1. The number of carboxylic acids is 1. The summed E-state index contributed by atoms with van der Waals surface area (Å²) >= 11 is 5.58. The first-order valence-corrected chi connectivity index (χ1v) is 3.37. The minimum absolute atomic E-state index is 0.396. The van der Waals surface area contributed by atoms with Gasteiger partial charge in [0.1, 0.15) is 0 Å². The molecule has 0 spiro atoms. The van der Waals surface area contributed by atoms with Crippen molar-refractivity contribution in [2.24, 2.45) is 0 Å². The number of aliphatic carboxylic acids is 1. The van der Waals surface area contributed by atoms with Gasteiger partial charge in [0.25, 0.3) is 0 Å². The van der Waals surface area contributed by atoms with Crippen molar-refractivity contribution in [1.82, 2.24) is 0 Å². The standard InChI is InChI=1S/C7H7ClO2/c8-6-3-1-2-5(4-6)7(9)10/h3-4H,1-2H2,(H,9,10)/i1+1,2+1,3+1,4+1,5+1,6+1. The average molecular weight is 165 g/mol. The molecule has 1 aliphatic rings. The Morgan fingerprint density at radius 2 is 2.40 bits per heavy atom. The molecule has 0 atom stereocenters. The zero-order chi connectivity index (χ0) is 7.56. The Morgan fingerprint density at radius 1 is 1.70 bits per heavy atom. The Labute approximate surface area is 63.8 Å². The van der Waals surface area contributed by atoms with Crippen LogP contribution in [0.25, 0.3) is 0 Å². The first-order chi connectivity index (χ1) is 4.70. The van der Waals surface area contributed by atoms with Crippen LogP contribution in [0.4, 0.5) is 0 Å². The van der Waals surface area contributed by atoms with E-state index < -0.39 is 5.97 Å². The lowest BCUT2D eigenvalue weighted by molar-refractivity contribution is -0.132. The summed E-state index contributed by atoms with van der Waals surface area (Å²) in [6.07, 6.45) is 4.63. The van der Waals surface area contributed by atoms with Crippen LogP contribution in [0.2, 0.25) is 0 Å². The summed E-state index contributed by atoms with van der Waals surface area (Å²) in [6, 6.07) is 0. The SMILES string of the molecule is O=C(O)[13C]1=[13CH][13C](Cl)=[13CH][13CH2][13CH2]1. The molecular weight excluding hydrogens is 157 g/mol. The van der Waals surface area contributed by atoms with Crippen molar-refractivity contribution in [1.29, 1.82) is 0 Å². The van der Waals surface area contributed by atoms with Gasteiger partial charge < -0.3 is 5.11 Å². The maximum absolute atomic E-state index is 10.3. The fourth-order valence-electron chi connectivity index (χ4n) is 0.832. The van der Waals surface area contributed by atoms with Gasteiger partial charge in [-0.15, -0.1) is 0 Å². The molecule has 0 aromatic heterocycles. The quantitative estimate of drug-likeness (QED) is 0.601. The van der Waals surface area contributed by atoms with Crippen molar-refractivity contribution in [2.45, 2.75) is 12.8 Å². The van der Waals surface area contributed by atoms with Crippen LogP contribution in [0.3, 0.4) is 0 Å². The van der Waals surface area contributed by atoms with Crippen molar-refractivity contribution < 1.29 is 9.90 Å². The van der Waals surface area contributed by atoms with Crippen LogP contribution in [-0.2, 0) is 4.79 Å². The van der Waals surface area contributed by atoms with Crippen LogP contribution in [0.5, 0.6) is 0 Å². The van der Waals surface area contributed by atoms with Gasteiger partial charge in [0.05, 0.1) is 0 Å². The van der Waals surface area contributed by atoms with E-state index in [9.17, 15) is 4.79 Å². The topological polar surface area (TPSA) is 37.3 Å². The van der Waals surface area contributed by atoms with Gasteiger partial charge in [-0.05, 0) is 18.9 Å². The van der Waals surface area contributed by atoms with E-state index in [0.717, 1.165) is 6.42 Å². The van der Waals surface area contributed by atoms with E-state index >= 15 is 0 Å². The lowest BCUT2D eigenvalue weighted by Crippen LogP contribution is -2.02. The molecule has 0 amide bonds. The van der Waals surface area contributed by atoms with Gasteiger partial charge >= 0.3 is 5.97 Å². The average Bonchev–Trinajstić information content (AvgIpc) is 1.88. The summed E-state index contributed by atoms with van der Waals surface area (Å²) in [5.41, 5.74) is 0.396. The molecular formula is C7H7ClO2. The summed E-state index contributed by atoms with van der Waals surface area (Å²) in [7, 11) is 0. The van der Waals surface area contributed by atoms with Crippen molar-refractivity contribution in [2.75, 3.05) is 0 Å². The zero-order valence-electron chi connectivity index (χ0n) is 5.30. The van der Waals surface area contributed by atoms with Gasteiger partial charge in [-0.2, -0.15) is 0 Å². The highest BCUT2D eigenvalue weighted by atomic mass is 35.5. The normalized spacial score (nSPS) is 17.7. The van der Waals surface area contributed by atoms with Gasteiger partial charge in [-0.1, -0.05) is 17.7 Å². The van der Waals surface area contributed by atoms with E-state index in [-0.39, 0.29) is 0 Å². The molecule has 0 heterocycles. The summed E-state index contributed by atoms with van der Waals surface area (Å²) in [5.74, 6) is -0.869. The molecule has 1 rings (SSSR count). The van der Waals surface area contributed by atoms with E-state index in [1.807, 2.05) is 6.08 Å². The van der Waals surface area contributed by atoms with Gasteiger partial charge in [-0.25, -0.2) is 4.79 Å². The van der Waals surface area contributed by atoms with Crippen LogP contribution in [0.15, 0.2) is 22.8 Å².